The summed E-state index contributed by atoms with van der Waals surface area (Å²) in [5, 5.41) is 17.4. The number of hydrogen-bond donors (Lipinski definition) is 7. The number of carbonyl (C=O) groups excluding carboxylic acids is 2. The van der Waals surface area contributed by atoms with Crippen LogP contribution < -0.4 is 50.7 Å². The Hall–Kier alpha value is -12.6. The van der Waals surface area contributed by atoms with E-state index in [1.807, 2.05) is 124 Å². The maximum Gasteiger partial charge on any atom is 0.410 e. The molecule has 8 N–H and O–H groups in total. The van der Waals surface area contributed by atoms with Gasteiger partial charge in [0.2, 0.25) is 64.6 Å². The summed E-state index contributed by atoms with van der Waals surface area (Å²) < 4.78 is 151. The van der Waals surface area contributed by atoms with Crippen molar-refractivity contribution in [3.05, 3.63) is 199 Å². The lowest BCUT2D eigenvalue weighted by Gasteiger charge is -2.37. The van der Waals surface area contributed by atoms with E-state index in [1.165, 1.54) is 9.80 Å². The van der Waals surface area contributed by atoms with Crippen LogP contribution in [0.25, 0.3) is 66.1 Å². The van der Waals surface area contributed by atoms with Crippen molar-refractivity contribution in [3.8, 4) is 68.7 Å². The van der Waals surface area contributed by atoms with Gasteiger partial charge in [0, 0.05) is 149 Å². The number of nitrogens with two attached hydrogens (primary N) is 1. The minimum Gasteiger partial charge on any atom is -0.444 e. The zero-order chi connectivity index (χ0) is 98.4. The number of fused-ring (bicyclic) bond motifs is 3. The molecule has 2 amide bonds. The second-order valence-electron chi connectivity index (χ2n) is 38.6. The molecule has 6 fully saturated rings. The van der Waals surface area contributed by atoms with Crippen molar-refractivity contribution in [2.24, 2.45) is 0 Å². The van der Waals surface area contributed by atoms with Gasteiger partial charge < -0.3 is 60.5 Å². The predicted molar refractivity (Wildman–Crippen MR) is 532 cm³/mol. The molecule has 138 heavy (non-hydrogen) atoms. The first-order valence-corrected chi connectivity index (χ1v) is 51.3. The number of benzene rings is 6. The Labute approximate surface area is 806 Å². The van der Waals surface area contributed by atoms with Crippen LogP contribution in [0.15, 0.2) is 183 Å². The molecule has 18 rings (SSSR count). The van der Waals surface area contributed by atoms with Gasteiger partial charge in [-0.3, -0.25) is 9.44 Å². The molecular formula is C100H116ClF3N18O13S3. The summed E-state index contributed by atoms with van der Waals surface area (Å²) in [6.45, 7) is 23.1. The van der Waals surface area contributed by atoms with E-state index in [4.69, 9.17) is 45.1 Å². The number of pyridine rings is 3. The van der Waals surface area contributed by atoms with Gasteiger partial charge in [-0.05, 0) is 211 Å². The molecule has 31 nitrogen and oxygen atoms in total. The highest BCUT2D eigenvalue weighted by Crippen LogP contribution is 2.48. The second-order valence-corrected chi connectivity index (χ2v) is 46.0. The Morgan fingerprint density at radius 2 is 0.761 bits per heavy atom. The molecule has 12 aromatic rings. The number of likely N-dealkylation sites (tertiary alicyclic amines) is 2. The van der Waals surface area contributed by atoms with Crippen molar-refractivity contribution >= 4 is 119 Å². The van der Waals surface area contributed by atoms with E-state index < -0.39 is 91.3 Å². The average Bonchev–Trinajstić information content (AvgIpc) is 0.745. The van der Waals surface area contributed by atoms with Gasteiger partial charge in [-0.2, -0.15) is 0 Å². The molecule has 3 saturated heterocycles. The number of aryl methyl sites for hydroxylation is 3. The first-order chi connectivity index (χ1) is 65.5. The fourth-order valence-electron chi connectivity index (χ4n) is 17.2. The molecule has 0 spiro atoms. The quantitative estimate of drug-likeness (QED) is 0.0245. The fraction of sp³-hybridized carbons (Fsp3) is 0.410. The van der Waals surface area contributed by atoms with E-state index in [0.29, 0.717) is 148 Å². The number of aromatic nitrogens is 9. The topological polar surface area (TPSA) is 403 Å². The Kier molecular flexibility index (Phi) is 29.8. The van der Waals surface area contributed by atoms with Gasteiger partial charge >= 0.3 is 12.2 Å². The number of amides is 2. The molecule has 6 aliphatic rings. The summed E-state index contributed by atoms with van der Waals surface area (Å²) in [6, 6.07) is 43.6. The standard InChI is InChI=1S/C35H41FN6O5S.C30H33FN6O3S.C30H33FN6O3.C5H9ClO2S/c1-22-18-29(41-48(44,45)35(5)14-9-15-35)25-10-6-7-11-26(25)30(22)46-31-27(12-8-16-37-31)28-13-17-38-32(40-28)39-24-19-23(36)20-42(21-24)33(43)47-34(2,3)4;1-19-15-26(37-41(38,39)30(2)11-6-12-30)22-7-3-4-8-23(22)27(19)40-28-24(9-5-13-33-28)25-10-14-34-29(36-25)35-21-16-20(31)17-32-18-21;1-18-14-24(32)21-8-5-6-9-22(21)26(18)39-27-23(10-7-12-33-27)25-11-13-34-28(36-25)35-20-15-19(31)16-37(17-20)29(38)40-30(2,3)4;1-5(3-2-4-5)9(6,7)8/h6-8,10-13,16-18,23-24,41H,9,14-15,19-21H2,1-5H3,(H,38,39,40);3-5,7-10,13-15,20-21,32,37H,6,11-12,16-18H2,1-2H3,(H,34,35,36);5-14,19-20H,15-17,32H2,1-4H3,(H,34,35,36);2-4H2,1H3/t23-,24-;20-,21-;19-,20-;/m000./s1. The van der Waals surface area contributed by atoms with Gasteiger partial charge in [0.1, 0.15) is 47.0 Å². The van der Waals surface area contributed by atoms with Gasteiger partial charge in [0.25, 0.3) is 0 Å². The molecule has 0 radical (unpaired) electrons. The lowest BCUT2D eigenvalue weighted by Crippen LogP contribution is -2.51. The molecule has 38 heteroatoms. The lowest BCUT2D eigenvalue weighted by molar-refractivity contribution is 0.0117. The largest absolute Gasteiger partial charge is 0.444 e. The number of rotatable bonds is 22. The Morgan fingerprint density at radius 3 is 1.09 bits per heavy atom. The third-order valence-electron chi connectivity index (χ3n) is 25.3. The fourth-order valence-corrected chi connectivity index (χ4v) is 21.5. The van der Waals surface area contributed by atoms with Crippen molar-refractivity contribution in [3.63, 3.8) is 0 Å². The predicted octanol–water partition coefficient (Wildman–Crippen LogP) is 20.5. The average molecular weight is 1970 g/mol. The van der Waals surface area contributed by atoms with Crippen LogP contribution in [0.5, 0.6) is 34.9 Å². The third kappa shape index (κ3) is 23.5. The number of nitrogens with one attached hydrogen (secondary N) is 6. The minimum atomic E-state index is -3.60. The van der Waals surface area contributed by atoms with Crippen molar-refractivity contribution < 1.29 is 71.7 Å². The molecule has 3 aliphatic carbocycles. The molecule has 3 aliphatic heterocycles. The van der Waals surface area contributed by atoms with Crippen molar-refractivity contribution in [2.75, 3.05) is 70.4 Å². The monoisotopic (exact) mass is 1960 g/mol. The highest BCUT2D eigenvalue weighted by atomic mass is 35.7. The number of anilines is 6. The molecule has 6 aromatic carbocycles. The van der Waals surface area contributed by atoms with Gasteiger partial charge in [-0.25, -0.2) is 92.9 Å². The van der Waals surface area contributed by atoms with Crippen LogP contribution in [-0.2, 0) is 38.6 Å². The molecule has 9 heterocycles. The molecule has 3 saturated carbocycles. The van der Waals surface area contributed by atoms with Crippen LogP contribution in [0.1, 0.15) is 156 Å². The summed E-state index contributed by atoms with van der Waals surface area (Å²) in [5.41, 5.74) is 12.6. The Bertz CT molecular complexity index is 6860. The van der Waals surface area contributed by atoms with Gasteiger partial charge in [0.15, 0.2) is 0 Å². The number of piperidine rings is 3. The Balaban J connectivity index is 0.000000150. The van der Waals surface area contributed by atoms with Crippen LogP contribution in [0.4, 0.5) is 57.7 Å². The SMILES string of the molecule is CC1(S(=O)(=O)Cl)CCC1.Cc1cc(N)c2ccccc2c1Oc1ncccc1-c1ccnc(N[C@H]2C[C@H](F)CN(C(=O)OC(C)(C)C)C2)n1.Cc1cc(NS(=O)(=O)C2(C)CCC2)c2ccccc2c1Oc1ncccc1-c1ccnc(N[C@@H]2CNC[C@@H](F)C2)n1.Cc1cc(NS(=O)(=O)C2(C)CCC2)c2ccccc2c1Oc1ncccc1-c1ccnc(N[C@H]2C[C@H](F)CN(C(=O)OC(C)(C)C)C2)n1. The highest BCUT2D eigenvalue weighted by molar-refractivity contribution is 8.14. The zero-order valence-electron chi connectivity index (χ0n) is 79.1. The first-order valence-electron chi connectivity index (χ1n) is 46.1. The number of carbonyl (C=O) groups is 2. The number of ether oxygens (including phenoxy) is 5. The van der Waals surface area contributed by atoms with Gasteiger partial charge in [0.05, 0.1) is 72.5 Å². The second kappa shape index (κ2) is 41.2. The number of halogens is 4. The van der Waals surface area contributed by atoms with Crippen molar-refractivity contribution in [1.82, 2.24) is 60.0 Å². The summed E-state index contributed by atoms with van der Waals surface area (Å²) in [7, 11) is -5.31. The van der Waals surface area contributed by atoms with E-state index in [2.05, 4.69) is 70.6 Å². The molecule has 0 bridgehead atoms. The maximum atomic E-state index is 14.7. The van der Waals surface area contributed by atoms with E-state index in [1.54, 1.807) is 142 Å². The first kappa shape index (κ1) is 99.9. The van der Waals surface area contributed by atoms with Crippen LogP contribution in [-0.4, -0.2) is 193 Å². The van der Waals surface area contributed by atoms with E-state index in [-0.39, 0.29) is 57.1 Å². The molecule has 6 aromatic heterocycles. The smallest absolute Gasteiger partial charge is 0.410 e. The molecule has 0 unspecified atom stereocenters. The third-order valence-corrected chi connectivity index (χ3v) is 32.4. The maximum absolute atomic E-state index is 14.7. The van der Waals surface area contributed by atoms with Crippen LogP contribution in [0.2, 0.25) is 0 Å². The van der Waals surface area contributed by atoms with Crippen molar-refractivity contribution in [1.29, 1.82) is 0 Å². The summed E-state index contributed by atoms with van der Waals surface area (Å²) in [4.78, 5) is 68.5. The van der Waals surface area contributed by atoms with Gasteiger partial charge in [-0.15, -0.1) is 0 Å². The van der Waals surface area contributed by atoms with Crippen LogP contribution in [0.3, 0.4) is 0 Å². The number of hydrogen-bond acceptors (Lipinski definition) is 27. The van der Waals surface area contributed by atoms with E-state index in [9.17, 15) is 48.0 Å². The number of nitrogen functional groups attached to an aromatic ring is 1. The molecular weight excluding hydrogens is 1850 g/mol. The highest BCUT2D eigenvalue weighted by Gasteiger charge is 2.47. The summed E-state index contributed by atoms with van der Waals surface area (Å²) >= 11 is 0. The number of nitrogens with zero attached hydrogens (tertiary/aromatic N) is 11. The number of alkyl halides is 3. The minimum absolute atomic E-state index is 0.0103. The van der Waals surface area contributed by atoms with Crippen LogP contribution >= 0.6 is 10.7 Å². The van der Waals surface area contributed by atoms with Gasteiger partial charge in [-0.1, -0.05) is 92.1 Å². The number of sulfonamides is 2. The summed E-state index contributed by atoms with van der Waals surface area (Å²) in [6.07, 6.45) is 12.9. The molecule has 730 valence electrons. The van der Waals surface area contributed by atoms with Crippen molar-refractivity contribution in [2.45, 2.75) is 222 Å². The Morgan fingerprint density at radius 1 is 0.428 bits per heavy atom. The lowest BCUT2D eigenvalue weighted by atomic mass is 9.86. The molecule has 6 atom stereocenters. The van der Waals surface area contributed by atoms with E-state index in [0.717, 1.165) is 75.7 Å². The summed E-state index contributed by atoms with van der Waals surface area (Å²) in [5.74, 6) is 3.78. The normalized spacial score (nSPS) is 19.4. The van der Waals surface area contributed by atoms with E-state index >= 15 is 0 Å². The van der Waals surface area contributed by atoms with Crippen LogP contribution in [0, 0.1) is 20.8 Å². The zero-order valence-corrected chi connectivity index (χ0v) is 82.3.